The first-order chi connectivity index (χ1) is 30.0. The summed E-state index contributed by atoms with van der Waals surface area (Å²) < 4.78 is 33.5. The van der Waals surface area contributed by atoms with Crippen LogP contribution >= 0.6 is 0 Å². The monoisotopic (exact) mass is 889 g/mol. The number of esters is 2. The zero-order chi connectivity index (χ0) is 45.4. The molecule has 2 aliphatic heterocycles. The smallest absolute Gasteiger partial charge is 0.306 e. The second-order valence-corrected chi connectivity index (χ2v) is 16.9. The highest BCUT2D eigenvalue weighted by Gasteiger charge is 2.47. The van der Waals surface area contributed by atoms with Gasteiger partial charge in [-0.05, 0) is 57.8 Å². The van der Waals surface area contributed by atoms with E-state index in [2.05, 4.69) is 38.2 Å². The number of ether oxygens (including phenoxy) is 6. The van der Waals surface area contributed by atoms with Crippen LogP contribution in [0.4, 0.5) is 0 Å². The summed E-state index contributed by atoms with van der Waals surface area (Å²) in [4.78, 5) is 25.6. The molecular weight excluding hydrogens is 805 g/mol. The molecule has 0 bridgehead atoms. The highest BCUT2D eigenvalue weighted by atomic mass is 16.7. The lowest BCUT2D eigenvalue weighted by Gasteiger charge is -2.42. The zero-order valence-corrected chi connectivity index (χ0v) is 37.9. The van der Waals surface area contributed by atoms with Crippen LogP contribution in [0.3, 0.4) is 0 Å². The van der Waals surface area contributed by atoms with Gasteiger partial charge in [0.05, 0.1) is 19.8 Å². The maximum atomic E-state index is 12.9. The van der Waals surface area contributed by atoms with Gasteiger partial charge in [0.2, 0.25) is 0 Å². The van der Waals surface area contributed by atoms with Crippen molar-refractivity contribution in [2.24, 2.45) is 0 Å². The van der Waals surface area contributed by atoms with Gasteiger partial charge in [-0.15, -0.1) is 0 Å². The van der Waals surface area contributed by atoms with Gasteiger partial charge in [0, 0.05) is 12.8 Å². The Balaban J connectivity index is 1.84. The van der Waals surface area contributed by atoms with E-state index in [1.807, 2.05) is 0 Å². The zero-order valence-electron chi connectivity index (χ0n) is 37.9. The molecule has 11 atom stereocenters. The first-order valence-corrected chi connectivity index (χ1v) is 23.9. The molecule has 2 heterocycles. The van der Waals surface area contributed by atoms with Crippen molar-refractivity contribution in [3.05, 3.63) is 24.3 Å². The maximum Gasteiger partial charge on any atom is 0.306 e. The minimum absolute atomic E-state index is 0.154. The van der Waals surface area contributed by atoms with E-state index in [4.69, 9.17) is 28.4 Å². The summed E-state index contributed by atoms with van der Waals surface area (Å²) in [6.07, 6.45) is 16.5. The molecule has 2 aliphatic rings. The van der Waals surface area contributed by atoms with Crippen LogP contribution in [0.2, 0.25) is 0 Å². The number of aliphatic hydroxyl groups excluding tert-OH is 7. The van der Waals surface area contributed by atoms with Crippen molar-refractivity contribution in [2.75, 3.05) is 26.4 Å². The predicted molar refractivity (Wildman–Crippen MR) is 234 cm³/mol. The van der Waals surface area contributed by atoms with E-state index >= 15 is 0 Å². The minimum atomic E-state index is -1.76. The van der Waals surface area contributed by atoms with E-state index in [1.165, 1.54) is 51.4 Å². The molecule has 0 aromatic carbocycles. The molecule has 15 nitrogen and oxygen atoms in total. The first kappa shape index (κ1) is 56.1. The molecule has 7 N–H and O–H groups in total. The van der Waals surface area contributed by atoms with Gasteiger partial charge in [0.1, 0.15) is 55.4 Å². The van der Waals surface area contributed by atoms with Crippen LogP contribution in [0.25, 0.3) is 0 Å². The lowest BCUT2D eigenvalue weighted by atomic mass is 9.98. The molecule has 4 unspecified atom stereocenters. The summed E-state index contributed by atoms with van der Waals surface area (Å²) in [7, 11) is 0. The van der Waals surface area contributed by atoms with Crippen LogP contribution in [-0.4, -0.2) is 142 Å². The molecule has 0 aromatic heterocycles. The largest absolute Gasteiger partial charge is 0.462 e. The van der Waals surface area contributed by atoms with E-state index in [-0.39, 0.29) is 26.1 Å². The Bertz CT molecular complexity index is 1180. The van der Waals surface area contributed by atoms with Crippen LogP contribution in [0.15, 0.2) is 24.3 Å². The number of unbranched alkanes of at least 4 members (excludes halogenated alkanes) is 18. The van der Waals surface area contributed by atoms with E-state index in [9.17, 15) is 45.3 Å². The van der Waals surface area contributed by atoms with Crippen molar-refractivity contribution in [1.82, 2.24) is 0 Å². The SMILES string of the molecule is CCCC/C=C/CCCCCCCC(=O)O[C@H](COC(=O)CCCCCCC/C=C/CCCCCCCC)CO[C@@H]1O[C@H](CO[C@@H]2O[C@H](CO)[C@H](O)C(O)C2O)[C@H](O)C(O)C1O. The Labute approximate surface area is 371 Å². The van der Waals surface area contributed by atoms with Gasteiger partial charge in [-0.2, -0.15) is 0 Å². The average molecular weight is 889 g/mol. The number of aliphatic hydroxyl groups is 7. The lowest BCUT2D eigenvalue weighted by Crippen LogP contribution is -2.61. The second-order valence-electron chi connectivity index (χ2n) is 16.9. The molecule has 0 saturated carbocycles. The van der Waals surface area contributed by atoms with Crippen molar-refractivity contribution in [1.29, 1.82) is 0 Å². The van der Waals surface area contributed by atoms with E-state index in [0.717, 1.165) is 77.0 Å². The van der Waals surface area contributed by atoms with E-state index in [1.54, 1.807) is 0 Å². The van der Waals surface area contributed by atoms with Gasteiger partial charge in [0.25, 0.3) is 0 Å². The van der Waals surface area contributed by atoms with Crippen LogP contribution in [0, 0.1) is 0 Å². The average Bonchev–Trinajstić information content (AvgIpc) is 3.26. The number of allylic oxidation sites excluding steroid dienone is 4. The first-order valence-electron chi connectivity index (χ1n) is 23.9. The van der Waals surface area contributed by atoms with E-state index in [0.29, 0.717) is 12.8 Å². The van der Waals surface area contributed by atoms with Gasteiger partial charge in [-0.25, -0.2) is 0 Å². The van der Waals surface area contributed by atoms with Gasteiger partial charge in [0.15, 0.2) is 18.7 Å². The number of carbonyl (C=O) groups excluding carboxylic acids is 2. The summed E-state index contributed by atoms with van der Waals surface area (Å²) in [5, 5.41) is 71.9. The summed E-state index contributed by atoms with van der Waals surface area (Å²) in [5.41, 5.74) is 0. The quantitative estimate of drug-likeness (QED) is 0.0231. The standard InChI is InChI=1S/C47H84O15/c1-3-5-7-9-11-13-15-16-17-18-20-21-23-25-27-29-38(49)57-32-35(60-39(50)30-28-26-24-22-19-14-12-10-8-6-4-2)33-58-46-45(56)43(54)41(52)37(62-46)34-59-47-44(55)42(53)40(51)36(31-48)61-47/h10,12,16-17,35-37,40-48,51-56H,3-9,11,13-15,18-34H2,1-2H3/b12-10+,17-16+/t35-,36-,37-,40+,41+,42?,43?,44?,45?,46-,47-/m1/s1. The van der Waals surface area contributed by atoms with Crippen LogP contribution in [0.1, 0.15) is 168 Å². The molecule has 0 aliphatic carbocycles. The van der Waals surface area contributed by atoms with Gasteiger partial charge in [-0.3, -0.25) is 9.59 Å². The number of hydrogen-bond donors (Lipinski definition) is 7. The molecule has 2 rings (SSSR count). The minimum Gasteiger partial charge on any atom is -0.462 e. The van der Waals surface area contributed by atoms with Gasteiger partial charge < -0.3 is 64.2 Å². The fourth-order valence-electron chi connectivity index (χ4n) is 7.37. The topological polar surface area (TPSA) is 231 Å². The normalized spacial score (nSPS) is 27.2. The molecule has 0 aromatic rings. The fraction of sp³-hybridized carbons (Fsp3) is 0.872. The predicted octanol–water partition coefficient (Wildman–Crippen LogP) is 5.60. The highest BCUT2D eigenvalue weighted by Crippen LogP contribution is 2.26. The van der Waals surface area contributed by atoms with Crippen molar-refractivity contribution in [2.45, 2.75) is 235 Å². The van der Waals surface area contributed by atoms with Crippen molar-refractivity contribution >= 4 is 11.9 Å². The second kappa shape index (κ2) is 35.3. The van der Waals surface area contributed by atoms with Crippen molar-refractivity contribution in [3.8, 4) is 0 Å². The molecule has 362 valence electrons. The van der Waals surface area contributed by atoms with Crippen LogP contribution in [0.5, 0.6) is 0 Å². The molecule has 2 fully saturated rings. The number of rotatable bonds is 36. The Hall–Kier alpha value is -2.02. The third kappa shape index (κ3) is 23.8. The fourth-order valence-corrected chi connectivity index (χ4v) is 7.37. The Morgan fingerprint density at radius 2 is 0.935 bits per heavy atom. The van der Waals surface area contributed by atoms with Gasteiger partial charge in [-0.1, -0.05) is 122 Å². The molecule has 15 heteroatoms. The summed E-state index contributed by atoms with van der Waals surface area (Å²) in [6.45, 7) is 2.51. The van der Waals surface area contributed by atoms with Crippen molar-refractivity contribution in [3.63, 3.8) is 0 Å². The number of hydrogen-bond acceptors (Lipinski definition) is 15. The molecule has 62 heavy (non-hydrogen) atoms. The Kier molecular flexibility index (Phi) is 31.9. The molecule has 2 saturated heterocycles. The summed E-state index contributed by atoms with van der Waals surface area (Å²) >= 11 is 0. The molecule has 0 spiro atoms. The third-order valence-corrected chi connectivity index (χ3v) is 11.4. The Morgan fingerprint density at radius 1 is 0.500 bits per heavy atom. The number of carbonyl (C=O) groups is 2. The van der Waals surface area contributed by atoms with Crippen LogP contribution in [-0.2, 0) is 38.0 Å². The van der Waals surface area contributed by atoms with Crippen molar-refractivity contribution < 1.29 is 73.8 Å². The highest BCUT2D eigenvalue weighted by molar-refractivity contribution is 5.70. The molecular formula is C47H84O15. The van der Waals surface area contributed by atoms with E-state index < -0.39 is 92.7 Å². The molecule has 0 amide bonds. The van der Waals surface area contributed by atoms with Gasteiger partial charge >= 0.3 is 11.9 Å². The summed E-state index contributed by atoms with van der Waals surface area (Å²) in [5.74, 6) is -0.945. The van der Waals surface area contributed by atoms with Crippen LogP contribution < -0.4 is 0 Å². The summed E-state index contributed by atoms with van der Waals surface area (Å²) in [6, 6.07) is 0. The lowest BCUT2D eigenvalue weighted by molar-refractivity contribution is -0.332. The Morgan fingerprint density at radius 3 is 1.47 bits per heavy atom. The molecule has 0 radical (unpaired) electrons. The third-order valence-electron chi connectivity index (χ3n) is 11.4. The maximum absolute atomic E-state index is 12.9.